The quantitative estimate of drug-likeness (QED) is 0.866. The average molecular weight is 270 g/mol. The van der Waals surface area contributed by atoms with Gasteiger partial charge in [-0.1, -0.05) is 26.2 Å². The number of aromatic nitrogens is 3. The molecule has 2 aromatic rings. The van der Waals surface area contributed by atoms with E-state index in [1.165, 1.54) is 32.1 Å². The Labute approximate surface area is 120 Å². The molecule has 0 bridgehead atoms. The standard InChI is InChI=1S/C16H22N4/c1-2-12-5-3-4-6-15(12)20-11-18-16(19-20)13-7-9-14(17)10-8-13/h7-12,15H,2-6,17H2,1H3. The predicted octanol–water partition coefficient (Wildman–Crippen LogP) is 3.67. The Kier molecular flexibility index (Phi) is 3.72. The fourth-order valence-electron chi connectivity index (χ4n) is 3.21. The number of nitrogens with two attached hydrogens (primary N) is 1. The van der Waals surface area contributed by atoms with Crippen LogP contribution < -0.4 is 5.73 Å². The van der Waals surface area contributed by atoms with Gasteiger partial charge in [0, 0.05) is 11.3 Å². The second-order valence-electron chi connectivity index (χ2n) is 5.69. The molecule has 2 atom stereocenters. The summed E-state index contributed by atoms with van der Waals surface area (Å²) in [7, 11) is 0. The number of hydrogen-bond acceptors (Lipinski definition) is 3. The topological polar surface area (TPSA) is 56.7 Å². The average Bonchev–Trinajstić information content (AvgIpc) is 2.97. The molecule has 20 heavy (non-hydrogen) atoms. The zero-order valence-electron chi connectivity index (χ0n) is 12.0. The van der Waals surface area contributed by atoms with Crippen LogP contribution in [0.3, 0.4) is 0 Å². The molecule has 0 aliphatic heterocycles. The van der Waals surface area contributed by atoms with Crippen LogP contribution in [0.15, 0.2) is 30.6 Å². The van der Waals surface area contributed by atoms with Gasteiger partial charge in [0.25, 0.3) is 0 Å². The summed E-state index contributed by atoms with van der Waals surface area (Å²) in [6.45, 7) is 2.28. The van der Waals surface area contributed by atoms with E-state index in [4.69, 9.17) is 10.8 Å². The molecule has 1 aliphatic rings. The first-order valence-corrected chi connectivity index (χ1v) is 7.55. The van der Waals surface area contributed by atoms with Gasteiger partial charge in [-0.2, -0.15) is 5.10 Å². The third kappa shape index (κ3) is 2.55. The Bertz CT molecular complexity index is 558. The van der Waals surface area contributed by atoms with E-state index in [-0.39, 0.29) is 0 Å². The molecule has 1 aliphatic carbocycles. The highest BCUT2D eigenvalue weighted by Gasteiger charge is 2.26. The fraction of sp³-hybridized carbons (Fsp3) is 0.500. The van der Waals surface area contributed by atoms with E-state index in [1.54, 1.807) is 0 Å². The van der Waals surface area contributed by atoms with Crippen molar-refractivity contribution in [3.63, 3.8) is 0 Å². The number of nitrogen functional groups attached to an aromatic ring is 1. The number of hydrogen-bond donors (Lipinski definition) is 1. The maximum atomic E-state index is 5.72. The maximum absolute atomic E-state index is 5.72. The maximum Gasteiger partial charge on any atom is 0.181 e. The van der Waals surface area contributed by atoms with Crippen molar-refractivity contribution in [1.29, 1.82) is 0 Å². The van der Waals surface area contributed by atoms with Gasteiger partial charge in [-0.25, -0.2) is 9.67 Å². The molecule has 3 rings (SSSR count). The predicted molar refractivity (Wildman–Crippen MR) is 81.2 cm³/mol. The normalized spacial score (nSPS) is 22.9. The molecule has 4 nitrogen and oxygen atoms in total. The zero-order chi connectivity index (χ0) is 13.9. The van der Waals surface area contributed by atoms with Crippen molar-refractivity contribution >= 4 is 5.69 Å². The Hall–Kier alpha value is -1.84. The molecule has 0 saturated heterocycles. The van der Waals surface area contributed by atoms with Gasteiger partial charge >= 0.3 is 0 Å². The lowest BCUT2D eigenvalue weighted by Gasteiger charge is -2.30. The lowest BCUT2D eigenvalue weighted by Crippen LogP contribution is -2.23. The van der Waals surface area contributed by atoms with Gasteiger partial charge < -0.3 is 5.73 Å². The van der Waals surface area contributed by atoms with Crippen LogP contribution in [0, 0.1) is 5.92 Å². The van der Waals surface area contributed by atoms with Crippen LogP contribution in [0.25, 0.3) is 11.4 Å². The molecular weight excluding hydrogens is 248 g/mol. The second-order valence-corrected chi connectivity index (χ2v) is 5.69. The number of anilines is 1. The Morgan fingerprint density at radius 2 is 1.95 bits per heavy atom. The Morgan fingerprint density at radius 3 is 2.70 bits per heavy atom. The van der Waals surface area contributed by atoms with Crippen molar-refractivity contribution in [1.82, 2.24) is 14.8 Å². The second kappa shape index (κ2) is 5.65. The molecule has 1 aromatic heterocycles. The molecule has 1 saturated carbocycles. The van der Waals surface area contributed by atoms with Gasteiger partial charge in [0.15, 0.2) is 5.82 Å². The molecule has 2 N–H and O–H groups in total. The monoisotopic (exact) mass is 270 g/mol. The van der Waals surface area contributed by atoms with Crippen LogP contribution in [-0.2, 0) is 0 Å². The van der Waals surface area contributed by atoms with Crippen LogP contribution >= 0.6 is 0 Å². The summed E-state index contributed by atoms with van der Waals surface area (Å²) in [4.78, 5) is 4.47. The summed E-state index contributed by atoms with van der Waals surface area (Å²) in [5.74, 6) is 1.54. The summed E-state index contributed by atoms with van der Waals surface area (Å²) in [5.41, 5.74) is 7.52. The number of nitrogens with zero attached hydrogens (tertiary/aromatic N) is 3. The molecule has 4 heteroatoms. The van der Waals surface area contributed by atoms with Gasteiger partial charge in [0.1, 0.15) is 6.33 Å². The van der Waals surface area contributed by atoms with E-state index in [1.807, 2.05) is 30.6 Å². The SMILES string of the molecule is CCC1CCCCC1n1cnc(-c2ccc(N)cc2)n1. The summed E-state index contributed by atoms with van der Waals surface area (Å²) in [6.07, 6.45) is 8.32. The third-order valence-electron chi connectivity index (χ3n) is 4.41. The molecule has 106 valence electrons. The van der Waals surface area contributed by atoms with E-state index in [0.717, 1.165) is 23.0 Å². The molecular formula is C16H22N4. The zero-order valence-corrected chi connectivity index (χ0v) is 12.0. The minimum atomic E-state index is 0.517. The van der Waals surface area contributed by atoms with Crippen molar-refractivity contribution < 1.29 is 0 Å². The summed E-state index contributed by atoms with van der Waals surface area (Å²) in [6, 6.07) is 8.26. The lowest BCUT2D eigenvalue weighted by molar-refractivity contribution is 0.217. The molecule has 1 heterocycles. The third-order valence-corrected chi connectivity index (χ3v) is 4.41. The van der Waals surface area contributed by atoms with Crippen LogP contribution in [0.5, 0.6) is 0 Å². The van der Waals surface area contributed by atoms with E-state index < -0.39 is 0 Å². The van der Waals surface area contributed by atoms with Crippen molar-refractivity contribution in [2.24, 2.45) is 5.92 Å². The fourth-order valence-corrected chi connectivity index (χ4v) is 3.21. The molecule has 0 spiro atoms. The minimum absolute atomic E-state index is 0.517. The van der Waals surface area contributed by atoms with E-state index in [9.17, 15) is 0 Å². The highest BCUT2D eigenvalue weighted by atomic mass is 15.3. The first-order valence-electron chi connectivity index (χ1n) is 7.55. The largest absolute Gasteiger partial charge is 0.399 e. The highest BCUT2D eigenvalue weighted by Crippen LogP contribution is 2.35. The summed E-state index contributed by atoms with van der Waals surface area (Å²) in [5, 5.41) is 4.70. The molecule has 1 fully saturated rings. The smallest absolute Gasteiger partial charge is 0.181 e. The lowest BCUT2D eigenvalue weighted by atomic mass is 9.83. The molecule has 0 amide bonds. The summed E-state index contributed by atoms with van der Waals surface area (Å²) >= 11 is 0. The molecule has 0 radical (unpaired) electrons. The highest BCUT2D eigenvalue weighted by molar-refractivity contribution is 5.57. The van der Waals surface area contributed by atoms with Crippen molar-refractivity contribution in [2.45, 2.75) is 45.1 Å². The molecule has 1 aromatic carbocycles. The number of benzene rings is 1. The van der Waals surface area contributed by atoms with Crippen LogP contribution in [-0.4, -0.2) is 14.8 Å². The minimum Gasteiger partial charge on any atom is -0.399 e. The van der Waals surface area contributed by atoms with E-state index in [2.05, 4.69) is 16.6 Å². The van der Waals surface area contributed by atoms with Crippen LogP contribution in [0.1, 0.15) is 45.1 Å². The first-order chi connectivity index (χ1) is 9.78. The van der Waals surface area contributed by atoms with Gasteiger partial charge in [-0.3, -0.25) is 0 Å². The van der Waals surface area contributed by atoms with Gasteiger partial charge in [0.05, 0.1) is 6.04 Å². The van der Waals surface area contributed by atoms with Crippen molar-refractivity contribution in [2.75, 3.05) is 5.73 Å². The van der Waals surface area contributed by atoms with Crippen molar-refractivity contribution in [3.8, 4) is 11.4 Å². The van der Waals surface area contributed by atoms with Gasteiger partial charge in [-0.15, -0.1) is 0 Å². The van der Waals surface area contributed by atoms with E-state index >= 15 is 0 Å². The van der Waals surface area contributed by atoms with Gasteiger partial charge in [0.2, 0.25) is 0 Å². The van der Waals surface area contributed by atoms with Crippen LogP contribution in [0.2, 0.25) is 0 Å². The number of rotatable bonds is 3. The van der Waals surface area contributed by atoms with Gasteiger partial charge in [-0.05, 0) is 43.0 Å². The Balaban J connectivity index is 1.84. The Morgan fingerprint density at radius 1 is 1.20 bits per heavy atom. The molecule has 2 unspecified atom stereocenters. The van der Waals surface area contributed by atoms with Crippen molar-refractivity contribution in [3.05, 3.63) is 30.6 Å². The van der Waals surface area contributed by atoms with Crippen LogP contribution in [0.4, 0.5) is 5.69 Å². The summed E-state index contributed by atoms with van der Waals surface area (Å²) < 4.78 is 2.08. The van der Waals surface area contributed by atoms with E-state index in [0.29, 0.717) is 6.04 Å². The first kappa shape index (κ1) is 13.2.